The molecule has 2 N–H and O–H groups in total. The number of carbonyl (C=O) groups is 2. The van der Waals surface area contributed by atoms with E-state index in [1.807, 2.05) is 24.3 Å². The first-order chi connectivity index (χ1) is 13.7. The summed E-state index contributed by atoms with van der Waals surface area (Å²) >= 11 is 0. The molecule has 1 atom stereocenters. The molecular formula is C21H25N5O2. The van der Waals surface area contributed by atoms with Gasteiger partial charge in [-0.3, -0.25) is 14.6 Å². The molecule has 1 aliphatic heterocycles. The Morgan fingerprint density at radius 3 is 2.79 bits per heavy atom. The first-order valence-electron chi connectivity index (χ1n) is 9.87. The molecule has 1 saturated carbocycles. The maximum atomic E-state index is 12.7. The first kappa shape index (κ1) is 18.4. The normalized spacial score (nSPS) is 19.1. The summed E-state index contributed by atoms with van der Waals surface area (Å²) in [6, 6.07) is 7.67. The van der Waals surface area contributed by atoms with Crippen molar-refractivity contribution in [1.29, 1.82) is 0 Å². The van der Waals surface area contributed by atoms with E-state index in [4.69, 9.17) is 0 Å². The second kappa shape index (κ2) is 8.37. The molecule has 1 saturated heterocycles. The number of benzene rings is 1. The zero-order chi connectivity index (χ0) is 19.3. The Morgan fingerprint density at radius 2 is 2.00 bits per heavy atom. The molecule has 2 aliphatic rings. The van der Waals surface area contributed by atoms with Crippen molar-refractivity contribution in [1.82, 2.24) is 15.3 Å². The first-order valence-corrected chi connectivity index (χ1v) is 9.87. The van der Waals surface area contributed by atoms with Crippen LogP contribution in [0.1, 0.15) is 31.2 Å². The zero-order valence-corrected chi connectivity index (χ0v) is 15.8. The van der Waals surface area contributed by atoms with Crippen LogP contribution in [0.2, 0.25) is 0 Å². The van der Waals surface area contributed by atoms with Gasteiger partial charge in [-0.2, -0.15) is 0 Å². The number of anilines is 2. The molecule has 0 radical (unpaired) electrons. The molecule has 2 amide bonds. The maximum Gasteiger partial charge on any atom is 0.227 e. The molecular weight excluding hydrogens is 354 g/mol. The van der Waals surface area contributed by atoms with Crippen molar-refractivity contribution in [3.05, 3.63) is 48.4 Å². The highest BCUT2D eigenvalue weighted by Gasteiger charge is 2.29. The van der Waals surface area contributed by atoms with E-state index in [1.165, 1.54) is 0 Å². The highest BCUT2D eigenvalue weighted by molar-refractivity contribution is 5.94. The molecule has 28 heavy (non-hydrogen) atoms. The van der Waals surface area contributed by atoms with Crippen LogP contribution in [0.5, 0.6) is 0 Å². The molecule has 4 rings (SSSR count). The predicted octanol–water partition coefficient (Wildman–Crippen LogP) is 2.36. The summed E-state index contributed by atoms with van der Waals surface area (Å²) in [7, 11) is 0. The number of rotatable bonds is 6. The Kier molecular flexibility index (Phi) is 5.50. The molecule has 1 unspecified atom stereocenters. The van der Waals surface area contributed by atoms with Crippen LogP contribution in [0.3, 0.4) is 0 Å². The molecule has 0 bridgehead atoms. The lowest BCUT2D eigenvalue weighted by atomic mass is 9.97. The Hall–Kier alpha value is -2.96. The highest BCUT2D eigenvalue weighted by atomic mass is 16.2. The Bertz CT molecular complexity index is 838. The van der Waals surface area contributed by atoms with Gasteiger partial charge in [-0.1, -0.05) is 12.1 Å². The maximum absolute atomic E-state index is 12.7. The lowest BCUT2D eigenvalue weighted by molar-refractivity contribution is -0.125. The summed E-state index contributed by atoms with van der Waals surface area (Å²) in [5.41, 5.74) is 1.76. The summed E-state index contributed by atoms with van der Waals surface area (Å²) in [5.74, 6) is 1.08. The minimum absolute atomic E-state index is 0.0565. The Labute approximate surface area is 164 Å². The third-order valence-corrected chi connectivity index (χ3v) is 5.28. The second-order valence-corrected chi connectivity index (χ2v) is 7.53. The quantitative estimate of drug-likeness (QED) is 0.805. The molecule has 2 aromatic rings. The van der Waals surface area contributed by atoms with Crippen molar-refractivity contribution in [3.63, 3.8) is 0 Å². The van der Waals surface area contributed by atoms with Crippen LogP contribution in [0.15, 0.2) is 42.9 Å². The predicted molar refractivity (Wildman–Crippen MR) is 107 cm³/mol. The van der Waals surface area contributed by atoms with Gasteiger partial charge in [0.2, 0.25) is 11.8 Å². The number of nitrogens with zero attached hydrogens (tertiary/aromatic N) is 3. The number of piperidine rings is 1. The number of aromatic nitrogens is 2. The van der Waals surface area contributed by atoms with Crippen LogP contribution in [0, 0.1) is 11.8 Å². The van der Waals surface area contributed by atoms with E-state index in [0.29, 0.717) is 13.1 Å². The fourth-order valence-electron chi connectivity index (χ4n) is 3.54. The molecule has 0 spiro atoms. The van der Waals surface area contributed by atoms with Crippen LogP contribution in [-0.2, 0) is 16.1 Å². The molecule has 1 aliphatic carbocycles. The van der Waals surface area contributed by atoms with Crippen LogP contribution in [0.4, 0.5) is 11.5 Å². The summed E-state index contributed by atoms with van der Waals surface area (Å²) < 4.78 is 0. The van der Waals surface area contributed by atoms with Crippen molar-refractivity contribution in [3.8, 4) is 0 Å². The van der Waals surface area contributed by atoms with Gasteiger partial charge in [-0.05, 0) is 43.4 Å². The fourth-order valence-corrected chi connectivity index (χ4v) is 3.54. The molecule has 1 aromatic heterocycles. The van der Waals surface area contributed by atoms with Crippen molar-refractivity contribution in [2.24, 2.45) is 11.8 Å². The molecule has 2 heterocycles. The van der Waals surface area contributed by atoms with Gasteiger partial charge in [-0.15, -0.1) is 0 Å². The second-order valence-electron chi connectivity index (χ2n) is 7.53. The van der Waals surface area contributed by atoms with Crippen molar-refractivity contribution < 1.29 is 9.59 Å². The standard InChI is InChI=1S/C21H25N5O2/c27-20(17-4-2-10-26(14-17)19-13-22-8-9-23-19)24-12-15-3-1-5-18(11-15)25-21(28)16-6-7-16/h1,3,5,8-9,11,13,16-17H,2,4,6-7,10,12,14H2,(H,24,27)(H,25,28). The van der Waals surface area contributed by atoms with Gasteiger partial charge in [0.05, 0.1) is 12.1 Å². The van der Waals surface area contributed by atoms with Crippen molar-refractivity contribution in [2.45, 2.75) is 32.2 Å². The lowest BCUT2D eigenvalue weighted by Crippen LogP contribution is -2.43. The Morgan fingerprint density at radius 1 is 1.11 bits per heavy atom. The summed E-state index contributed by atoms with van der Waals surface area (Å²) in [4.78, 5) is 35.1. The molecule has 7 heteroatoms. The minimum Gasteiger partial charge on any atom is -0.355 e. The van der Waals surface area contributed by atoms with E-state index in [0.717, 1.165) is 49.3 Å². The average Bonchev–Trinajstić information content (AvgIpc) is 3.59. The highest BCUT2D eigenvalue weighted by Crippen LogP contribution is 2.30. The largest absolute Gasteiger partial charge is 0.355 e. The van der Waals surface area contributed by atoms with Crippen LogP contribution < -0.4 is 15.5 Å². The molecule has 2 fully saturated rings. The summed E-state index contributed by atoms with van der Waals surface area (Å²) in [6.07, 6.45) is 8.86. The lowest BCUT2D eigenvalue weighted by Gasteiger charge is -2.32. The van der Waals surface area contributed by atoms with Crippen LogP contribution in [-0.4, -0.2) is 34.9 Å². The number of hydrogen-bond donors (Lipinski definition) is 2. The van der Waals surface area contributed by atoms with E-state index in [9.17, 15) is 9.59 Å². The van der Waals surface area contributed by atoms with Gasteiger partial charge < -0.3 is 15.5 Å². The van der Waals surface area contributed by atoms with E-state index in [1.54, 1.807) is 18.6 Å². The van der Waals surface area contributed by atoms with Gasteiger partial charge in [0, 0.05) is 43.6 Å². The van der Waals surface area contributed by atoms with E-state index in [2.05, 4.69) is 25.5 Å². The topological polar surface area (TPSA) is 87.2 Å². The minimum atomic E-state index is -0.0616. The summed E-state index contributed by atoms with van der Waals surface area (Å²) in [6.45, 7) is 2.00. The van der Waals surface area contributed by atoms with E-state index in [-0.39, 0.29) is 23.7 Å². The van der Waals surface area contributed by atoms with Gasteiger partial charge in [0.25, 0.3) is 0 Å². The third-order valence-electron chi connectivity index (χ3n) is 5.28. The number of carbonyl (C=O) groups excluding carboxylic acids is 2. The van der Waals surface area contributed by atoms with Gasteiger partial charge in [0.1, 0.15) is 5.82 Å². The third kappa shape index (κ3) is 4.65. The van der Waals surface area contributed by atoms with Gasteiger partial charge >= 0.3 is 0 Å². The van der Waals surface area contributed by atoms with Crippen LogP contribution in [0.25, 0.3) is 0 Å². The SMILES string of the molecule is O=C(NCc1cccc(NC(=O)C2CC2)c1)C1CCCN(c2cnccn2)C1. The molecule has 1 aromatic carbocycles. The molecule has 7 nitrogen and oxygen atoms in total. The van der Waals surface area contributed by atoms with Gasteiger partial charge in [0.15, 0.2) is 0 Å². The monoisotopic (exact) mass is 379 g/mol. The van der Waals surface area contributed by atoms with Crippen molar-refractivity contribution in [2.75, 3.05) is 23.3 Å². The van der Waals surface area contributed by atoms with Crippen molar-refractivity contribution >= 4 is 23.3 Å². The van der Waals surface area contributed by atoms with E-state index < -0.39 is 0 Å². The number of hydrogen-bond acceptors (Lipinski definition) is 5. The van der Waals surface area contributed by atoms with E-state index >= 15 is 0 Å². The molecule has 146 valence electrons. The van der Waals surface area contributed by atoms with Crippen LogP contribution >= 0.6 is 0 Å². The zero-order valence-electron chi connectivity index (χ0n) is 15.8. The fraction of sp³-hybridized carbons (Fsp3) is 0.429. The average molecular weight is 379 g/mol. The number of nitrogens with one attached hydrogen (secondary N) is 2. The number of amides is 2. The van der Waals surface area contributed by atoms with Gasteiger partial charge in [-0.25, -0.2) is 4.98 Å². The summed E-state index contributed by atoms with van der Waals surface area (Å²) in [5, 5.41) is 5.99. The Balaban J connectivity index is 1.30. The smallest absolute Gasteiger partial charge is 0.227 e.